The number of nitrogens with one attached hydrogen (secondary N) is 1. The Hall–Kier alpha value is -1.52. The lowest BCUT2D eigenvalue weighted by molar-refractivity contribution is -0.132. The zero-order chi connectivity index (χ0) is 9.56. The van der Waals surface area contributed by atoms with E-state index in [9.17, 15) is 9.59 Å². The number of rotatable bonds is 1. The molecule has 1 saturated heterocycles. The number of carboxylic acid groups (broad SMARTS) is 1. The summed E-state index contributed by atoms with van der Waals surface area (Å²) < 4.78 is 0. The van der Waals surface area contributed by atoms with E-state index in [1.807, 2.05) is 0 Å². The minimum atomic E-state index is -1.16. The van der Waals surface area contributed by atoms with Gasteiger partial charge >= 0.3 is 5.97 Å². The second kappa shape index (κ2) is 5.17. The summed E-state index contributed by atoms with van der Waals surface area (Å²) in [6.45, 7) is 3.82. The SMILES string of the molecule is C=C(N)C(=O)O.O=C1CCCN1. The molecule has 0 saturated carbocycles. The van der Waals surface area contributed by atoms with E-state index in [-0.39, 0.29) is 11.6 Å². The van der Waals surface area contributed by atoms with E-state index in [2.05, 4.69) is 17.6 Å². The molecule has 0 aromatic rings. The van der Waals surface area contributed by atoms with Gasteiger partial charge in [0.25, 0.3) is 0 Å². The highest BCUT2D eigenvalue weighted by atomic mass is 16.4. The third-order valence-electron chi connectivity index (χ3n) is 1.18. The van der Waals surface area contributed by atoms with Gasteiger partial charge < -0.3 is 16.2 Å². The molecule has 0 aliphatic carbocycles. The topological polar surface area (TPSA) is 92.4 Å². The van der Waals surface area contributed by atoms with Crippen LogP contribution in [-0.2, 0) is 9.59 Å². The average Bonchev–Trinajstić information content (AvgIpc) is 2.40. The standard InChI is InChI=1S/C4H7NO.C3H5NO2/c6-4-2-1-3-5-4;1-2(4)3(5)6/h1-3H2,(H,5,6);1,4H2,(H,5,6). The van der Waals surface area contributed by atoms with Crippen LogP contribution in [0.2, 0.25) is 0 Å². The van der Waals surface area contributed by atoms with E-state index >= 15 is 0 Å². The van der Waals surface area contributed by atoms with Crippen molar-refractivity contribution in [3.63, 3.8) is 0 Å². The number of aliphatic carboxylic acids is 1. The molecule has 68 valence electrons. The number of carbonyl (C=O) groups is 2. The maximum Gasteiger partial charge on any atom is 0.351 e. The quantitative estimate of drug-likeness (QED) is 0.462. The summed E-state index contributed by atoms with van der Waals surface area (Å²) in [5.74, 6) is -0.954. The van der Waals surface area contributed by atoms with Gasteiger partial charge in [0.05, 0.1) is 0 Å². The molecule has 0 unspecified atom stereocenters. The van der Waals surface area contributed by atoms with E-state index in [0.29, 0.717) is 0 Å². The minimum Gasteiger partial charge on any atom is -0.477 e. The number of hydrogen-bond donors (Lipinski definition) is 3. The molecule has 1 rings (SSSR count). The summed E-state index contributed by atoms with van der Waals surface area (Å²) >= 11 is 0. The molecule has 0 aromatic carbocycles. The maximum atomic E-state index is 10.1. The van der Waals surface area contributed by atoms with Gasteiger partial charge in [0.1, 0.15) is 5.70 Å². The number of hydrogen-bond acceptors (Lipinski definition) is 3. The number of nitrogens with two attached hydrogens (primary N) is 1. The van der Waals surface area contributed by atoms with Crippen LogP contribution in [0.1, 0.15) is 12.8 Å². The van der Waals surface area contributed by atoms with Gasteiger partial charge in [-0.2, -0.15) is 0 Å². The molecule has 4 N–H and O–H groups in total. The van der Waals surface area contributed by atoms with E-state index in [0.717, 1.165) is 19.4 Å². The molecule has 0 radical (unpaired) electrons. The van der Waals surface area contributed by atoms with Crippen molar-refractivity contribution in [1.82, 2.24) is 5.32 Å². The first-order valence-electron chi connectivity index (χ1n) is 3.48. The van der Waals surface area contributed by atoms with Gasteiger partial charge in [0.2, 0.25) is 5.91 Å². The fraction of sp³-hybridized carbons (Fsp3) is 0.429. The Bertz CT molecular complexity index is 181. The predicted octanol–water partition coefficient (Wildman–Crippen LogP) is -0.560. The Balaban J connectivity index is 0.000000202. The van der Waals surface area contributed by atoms with Crippen LogP contribution in [0.25, 0.3) is 0 Å². The normalized spacial score (nSPS) is 14.2. The van der Waals surface area contributed by atoms with Crippen molar-refractivity contribution < 1.29 is 14.7 Å². The first kappa shape index (κ1) is 10.5. The second-order valence-electron chi connectivity index (χ2n) is 2.28. The van der Waals surface area contributed by atoms with E-state index in [4.69, 9.17) is 5.11 Å². The van der Waals surface area contributed by atoms with Crippen LogP contribution in [0.4, 0.5) is 0 Å². The first-order valence-corrected chi connectivity index (χ1v) is 3.48. The molecule has 12 heavy (non-hydrogen) atoms. The lowest BCUT2D eigenvalue weighted by atomic mass is 10.4. The molecule has 0 bridgehead atoms. The summed E-state index contributed by atoms with van der Waals surface area (Å²) in [5.41, 5.74) is 4.32. The minimum absolute atomic E-state index is 0.204. The van der Waals surface area contributed by atoms with Gasteiger partial charge in [0.15, 0.2) is 0 Å². The lowest BCUT2D eigenvalue weighted by Gasteiger charge is -1.81. The number of carbonyl (C=O) groups excluding carboxylic acids is 1. The zero-order valence-corrected chi connectivity index (χ0v) is 6.67. The van der Waals surface area contributed by atoms with Crippen molar-refractivity contribution in [2.75, 3.05) is 6.54 Å². The van der Waals surface area contributed by atoms with Crippen LogP contribution in [0, 0.1) is 0 Å². The van der Waals surface area contributed by atoms with Crippen molar-refractivity contribution >= 4 is 11.9 Å². The molecule has 1 amide bonds. The molecule has 0 atom stereocenters. The number of carboxylic acids is 1. The monoisotopic (exact) mass is 172 g/mol. The third-order valence-corrected chi connectivity index (χ3v) is 1.18. The molecule has 1 aliphatic heterocycles. The molecule has 5 heteroatoms. The maximum absolute atomic E-state index is 10.1. The Labute approximate surface area is 70.2 Å². The molecule has 5 nitrogen and oxygen atoms in total. The van der Waals surface area contributed by atoms with Crippen LogP contribution in [0.15, 0.2) is 12.3 Å². The molecule has 1 heterocycles. The van der Waals surface area contributed by atoms with Crippen molar-refractivity contribution in [2.45, 2.75) is 12.8 Å². The van der Waals surface area contributed by atoms with E-state index in [1.54, 1.807) is 0 Å². The van der Waals surface area contributed by atoms with Gasteiger partial charge in [-0.15, -0.1) is 0 Å². The van der Waals surface area contributed by atoms with Crippen molar-refractivity contribution in [1.29, 1.82) is 0 Å². The van der Waals surface area contributed by atoms with Crippen molar-refractivity contribution in [3.8, 4) is 0 Å². The molecule has 0 spiro atoms. The van der Waals surface area contributed by atoms with E-state index in [1.165, 1.54) is 0 Å². The highest BCUT2D eigenvalue weighted by molar-refractivity contribution is 5.84. The predicted molar refractivity (Wildman–Crippen MR) is 43.2 cm³/mol. The largest absolute Gasteiger partial charge is 0.477 e. The Morgan fingerprint density at radius 3 is 2.25 bits per heavy atom. The van der Waals surface area contributed by atoms with Gasteiger partial charge in [-0.05, 0) is 6.42 Å². The molecule has 1 aliphatic rings. The Morgan fingerprint density at radius 1 is 1.67 bits per heavy atom. The van der Waals surface area contributed by atoms with Gasteiger partial charge in [-0.25, -0.2) is 4.79 Å². The van der Waals surface area contributed by atoms with Crippen LogP contribution in [-0.4, -0.2) is 23.5 Å². The van der Waals surface area contributed by atoms with Gasteiger partial charge in [-0.3, -0.25) is 4.79 Å². The van der Waals surface area contributed by atoms with Crippen LogP contribution < -0.4 is 11.1 Å². The fourth-order valence-corrected chi connectivity index (χ4v) is 0.565. The van der Waals surface area contributed by atoms with Crippen molar-refractivity contribution in [2.24, 2.45) is 5.73 Å². The molecule has 1 fully saturated rings. The summed E-state index contributed by atoms with van der Waals surface area (Å²) in [6, 6.07) is 0. The van der Waals surface area contributed by atoms with Crippen molar-refractivity contribution in [3.05, 3.63) is 12.3 Å². The van der Waals surface area contributed by atoms with Crippen LogP contribution in [0.3, 0.4) is 0 Å². The van der Waals surface area contributed by atoms with E-state index < -0.39 is 5.97 Å². The highest BCUT2D eigenvalue weighted by Gasteiger charge is 2.05. The fourth-order valence-electron chi connectivity index (χ4n) is 0.565. The first-order chi connectivity index (χ1) is 5.54. The molecular weight excluding hydrogens is 160 g/mol. The summed E-state index contributed by atoms with van der Waals surface area (Å²) in [5, 5.41) is 10.4. The second-order valence-corrected chi connectivity index (χ2v) is 2.28. The van der Waals surface area contributed by atoms with Gasteiger partial charge in [0, 0.05) is 13.0 Å². The van der Waals surface area contributed by atoms with Gasteiger partial charge in [-0.1, -0.05) is 6.58 Å². The summed E-state index contributed by atoms with van der Waals surface area (Å²) in [6.07, 6.45) is 1.76. The average molecular weight is 172 g/mol. The Kier molecular flexibility index (Phi) is 4.52. The number of amides is 1. The molecule has 0 aromatic heterocycles. The lowest BCUT2D eigenvalue weighted by Crippen LogP contribution is -2.12. The zero-order valence-electron chi connectivity index (χ0n) is 6.67. The van der Waals surface area contributed by atoms with Crippen LogP contribution in [0.5, 0.6) is 0 Å². The summed E-state index contributed by atoms with van der Waals surface area (Å²) in [7, 11) is 0. The highest BCUT2D eigenvalue weighted by Crippen LogP contribution is 1.93. The Morgan fingerprint density at radius 2 is 2.17 bits per heavy atom. The molecular formula is C7H12N2O3. The smallest absolute Gasteiger partial charge is 0.351 e. The summed E-state index contributed by atoms with van der Waals surface area (Å²) in [4.78, 5) is 19.6. The van der Waals surface area contributed by atoms with Crippen LogP contribution >= 0.6 is 0 Å². The third kappa shape index (κ3) is 5.28.